The summed E-state index contributed by atoms with van der Waals surface area (Å²) >= 11 is 0. The molecule has 0 amide bonds. The van der Waals surface area contributed by atoms with E-state index < -0.39 is 0 Å². The Morgan fingerprint density at radius 3 is 2.72 bits per heavy atom. The van der Waals surface area contributed by atoms with Gasteiger partial charge in [0.15, 0.2) is 11.6 Å². The number of rotatable bonds is 3. The van der Waals surface area contributed by atoms with E-state index in [1.807, 2.05) is 17.9 Å². The van der Waals surface area contributed by atoms with E-state index in [-0.39, 0.29) is 0 Å². The monoisotopic (exact) mass is 247 g/mol. The zero-order valence-corrected chi connectivity index (χ0v) is 10.8. The highest BCUT2D eigenvalue weighted by Gasteiger charge is 2.22. The van der Waals surface area contributed by atoms with Crippen molar-refractivity contribution >= 4 is 0 Å². The van der Waals surface area contributed by atoms with E-state index in [4.69, 9.17) is 0 Å². The van der Waals surface area contributed by atoms with Crippen LogP contribution in [0.3, 0.4) is 0 Å². The molecule has 1 aliphatic heterocycles. The Bertz CT molecular complexity index is 549. The zero-order valence-electron chi connectivity index (χ0n) is 10.8. The van der Waals surface area contributed by atoms with Crippen LogP contribution in [0.5, 0.6) is 0 Å². The van der Waals surface area contributed by atoms with Gasteiger partial charge < -0.3 is 5.32 Å². The molecule has 1 fully saturated rings. The highest BCUT2D eigenvalue weighted by molar-refractivity contribution is 5.47. The molecule has 0 unspecified atom stereocenters. The predicted molar refractivity (Wildman–Crippen MR) is 66.0 cm³/mol. The summed E-state index contributed by atoms with van der Waals surface area (Å²) in [6, 6.07) is 0.420. The van der Waals surface area contributed by atoms with E-state index in [0.29, 0.717) is 12.0 Å². The molecular weight excluding hydrogens is 230 g/mol. The average Bonchev–Trinajstić information content (AvgIpc) is 2.82. The third kappa shape index (κ3) is 1.80. The van der Waals surface area contributed by atoms with Crippen LogP contribution in [-0.4, -0.2) is 42.8 Å². The summed E-state index contributed by atoms with van der Waals surface area (Å²) in [6.45, 7) is 6.07. The number of nitrogens with zero attached hydrogens (tertiary/aromatic N) is 6. The standard InChI is InChI=1S/C11H17N7/c1-7(2)10-13-11(17(3)15-10)9-6-18(16-14-9)8-4-12-5-8/h6-8,12H,4-5H2,1-3H3. The van der Waals surface area contributed by atoms with Gasteiger partial charge in [0.25, 0.3) is 0 Å². The van der Waals surface area contributed by atoms with E-state index in [2.05, 4.69) is 39.6 Å². The quantitative estimate of drug-likeness (QED) is 0.846. The van der Waals surface area contributed by atoms with Crippen LogP contribution >= 0.6 is 0 Å². The van der Waals surface area contributed by atoms with Crippen molar-refractivity contribution < 1.29 is 0 Å². The molecule has 96 valence electrons. The summed E-state index contributed by atoms with van der Waals surface area (Å²) < 4.78 is 3.66. The van der Waals surface area contributed by atoms with Gasteiger partial charge in [-0.05, 0) is 0 Å². The second kappa shape index (κ2) is 4.16. The maximum atomic E-state index is 4.52. The van der Waals surface area contributed by atoms with Gasteiger partial charge in [0, 0.05) is 26.1 Å². The van der Waals surface area contributed by atoms with Crippen LogP contribution in [-0.2, 0) is 7.05 Å². The largest absolute Gasteiger partial charge is 0.312 e. The van der Waals surface area contributed by atoms with Crippen molar-refractivity contribution in [1.82, 2.24) is 35.1 Å². The maximum absolute atomic E-state index is 4.52. The molecule has 1 N–H and O–H groups in total. The number of aromatic nitrogens is 6. The van der Waals surface area contributed by atoms with Crippen molar-refractivity contribution in [2.75, 3.05) is 13.1 Å². The van der Waals surface area contributed by atoms with Crippen LogP contribution in [0, 0.1) is 0 Å². The van der Waals surface area contributed by atoms with Gasteiger partial charge in [-0.2, -0.15) is 5.10 Å². The van der Waals surface area contributed by atoms with Gasteiger partial charge >= 0.3 is 0 Å². The van der Waals surface area contributed by atoms with E-state index in [9.17, 15) is 0 Å². The first-order valence-electron chi connectivity index (χ1n) is 6.19. The fourth-order valence-electron chi connectivity index (χ4n) is 1.89. The van der Waals surface area contributed by atoms with Crippen molar-refractivity contribution in [2.45, 2.75) is 25.8 Å². The summed E-state index contributed by atoms with van der Waals surface area (Å²) in [5.74, 6) is 1.93. The minimum Gasteiger partial charge on any atom is -0.312 e. The fraction of sp³-hybridized carbons (Fsp3) is 0.636. The smallest absolute Gasteiger partial charge is 0.180 e. The molecule has 18 heavy (non-hydrogen) atoms. The third-order valence-electron chi connectivity index (χ3n) is 3.17. The molecule has 0 aliphatic carbocycles. The highest BCUT2D eigenvalue weighted by Crippen LogP contribution is 2.19. The fourth-order valence-corrected chi connectivity index (χ4v) is 1.89. The molecule has 0 bridgehead atoms. The summed E-state index contributed by atoms with van der Waals surface area (Å²) in [4.78, 5) is 4.52. The summed E-state index contributed by atoms with van der Waals surface area (Å²) in [5.41, 5.74) is 0.781. The summed E-state index contributed by atoms with van der Waals surface area (Å²) in [5, 5.41) is 15.9. The molecule has 0 atom stereocenters. The third-order valence-corrected chi connectivity index (χ3v) is 3.17. The topological polar surface area (TPSA) is 73.5 Å². The molecule has 1 aliphatic rings. The molecule has 2 aromatic rings. The summed E-state index contributed by atoms with van der Waals surface area (Å²) in [7, 11) is 1.89. The molecule has 3 heterocycles. The molecular formula is C11H17N7. The highest BCUT2D eigenvalue weighted by atomic mass is 15.5. The van der Waals surface area contributed by atoms with E-state index >= 15 is 0 Å². The SMILES string of the molecule is CC(C)c1nc(-c2cn(C3CNC3)nn2)n(C)n1. The van der Waals surface area contributed by atoms with Gasteiger partial charge in [-0.3, -0.25) is 0 Å². The van der Waals surface area contributed by atoms with Gasteiger partial charge in [0.05, 0.1) is 12.2 Å². The molecule has 1 saturated heterocycles. The maximum Gasteiger partial charge on any atom is 0.180 e. The number of aryl methyl sites for hydroxylation is 1. The minimum absolute atomic E-state index is 0.316. The Kier molecular flexibility index (Phi) is 2.62. The van der Waals surface area contributed by atoms with Crippen LogP contribution in [0.15, 0.2) is 6.20 Å². The number of hydrogen-bond acceptors (Lipinski definition) is 5. The van der Waals surface area contributed by atoms with E-state index in [0.717, 1.165) is 30.4 Å². The van der Waals surface area contributed by atoms with Crippen LogP contribution in [0.25, 0.3) is 11.5 Å². The predicted octanol–water partition coefficient (Wildman–Crippen LogP) is 0.341. The molecule has 0 spiro atoms. The number of hydrogen-bond donors (Lipinski definition) is 1. The lowest BCUT2D eigenvalue weighted by atomic mass is 10.2. The average molecular weight is 247 g/mol. The summed E-state index contributed by atoms with van der Waals surface area (Å²) in [6.07, 6.45) is 1.94. The Morgan fingerprint density at radius 1 is 1.39 bits per heavy atom. The van der Waals surface area contributed by atoms with E-state index in [1.54, 1.807) is 4.68 Å². The van der Waals surface area contributed by atoms with Crippen molar-refractivity contribution in [3.63, 3.8) is 0 Å². The first kappa shape index (κ1) is 11.3. The molecule has 0 radical (unpaired) electrons. The Balaban J connectivity index is 1.91. The van der Waals surface area contributed by atoms with Crippen LogP contribution < -0.4 is 5.32 Å². The lowest BCUT2D eigenvalue weighted by Crippen LogP contribution is -2.43. The molecule has 7 heteroatoms. The van der Waals surface area contributed by atoms with Gasteiger partial charge in [-0.25, -0.2) is 14.3 Å². The first-order chi connectivity index (χ1) is 8.65. The normalized spacial score (nSPS) is 16.2. The van der Waals surface area contributed by atoms with Gasteiger partial charge in [0.2, 0.25) is 0 Å². The molecule has 2 aromatic heterocycles. The van der Waals surface area contributed by atoms with Crippen LogP contribution in [0.1, 0.15) is 31.6 Å². The minimum atomic E-state index is 0.316. The van der Waals surface area contributed by atoms with Gasteiger partial charge in [-0.1, -0.05) is 19.1 Å². The molecule has 0 saturated carbocycles. The lowest BCUT2D eigenvalue weighted by Gasteiger charge is -2.26. The Morgan fingerprint density at radius 2 is 2.17 bits per heavy atom. The molecule has 0 aromatic carbocycles. The Labute approximate surface area is 105 Å². The second-order valence-electron chi connectivity index (χ2n) is 4.97. The van der Waals surface area contributed by atoms with Gasteiger partial charge in [0.1, 0.15) is 5.69 Å². The van der Waals surface area contributed by atoms with Crippen LogP contribution in [0.2, 0.25) is 0 Å². The number of nitrogens with one attached hydrogen (secondary N) is 1. The molecule has 7 nitrogen and oxygen atoms in total. The van der Waals surface area contributed by atoms with Crippen molar-refractivity contribution in [3.05, 3.63) is 12.0 Å². The van der Waals surface area contributed by atoms with Crippen LogP contribution in [0.4, 0.5) is 0 Å². The van der Waals surface area contributed by atoms with Crippen molar-refractivity contribution in [3.8, 4) is 11.5 Å². The first-order valence-corrected chi connectivity index (χ1v) is 6.19. The van der Waals surface area contributed by atoms with E-state index in [1.165, 1.54) is 0 Å². The zero-order chi connectivity index (χ0) is 12.7. The Hall–Kier alpha value is -1.76. The molecule has 3 rings (SSSR count). The van der Waals surface area contributed by atoms with Crippen molar-refractivity contribution in [1.29, 1.82) is 0 Å². The van der Waals surface area contributed by atoms with Crippen molar-refractivity contribution in [2.24, 2.45) is 7.05 Å². The lowest BCUT2D eigenvalue weighted by molar-refractivity contribution is 0.313. The second-order valence-corrected chi connectivity index (χ2v) is 4.97. The van der Waals surface area contributed by atoms with Gasteiger partial charge in [-0.15, -0.1) is 5.10 Å².